The van der Waals surface area contributed by atoms with Gasteiger partial charge in [-0.05, 0) is 37.5 Å². The Morgan fingerprint density at radius 1 is 1.35 bits per heavy atom. The molecule has 0 unspecified atom stereocenters. The van der Waals surface area contributed by atoms with Crippen LogP contribution in [0.25, 0.3) is 10.2 Å². The van der Waals surface area contributed by atoms with Crippen LogP contribution in [0.15, 0.2) is 29.3 Å². The summed E-state index contributed by atoms with van der Waals surface area (Å²) in [5.41, 5.74) is 1.37. The minimum Gasteiger partial charge on any atom is -0.462 e. The summed E-state index contributed by atoms with van der Waals surface area (Å²) in [6.45, 7) is 3.72. The number of ether oxygens (including phenoxy) is 1. The molecule has 0 spiro atoms. The van der Waals surface area contributed by atoms with Crippen molar-refractivity contribution < 1.29 is 19.2 Å². The van der Waals surface area contributed by atoms with E-state index >= 15 is 0 Å². The van der Waals surface area contributed by atoms with Gasteiger partial charge in [0.1, 0.15) is 16.3 Å². The van der Waals surface area contributed by atoms with Gasteiger partial charge in [0.15, 0.2) is 0 Å². The molecule has 1 aliphatic heterocycles. The average Bonchev–Trinajstić information content (AvgIpc) is 3.31. The molecule has 0 radical (unpaired) electrons. The molecule has 0 atom stereocenters. The van der Waals surface area contributed by atoms with Crippen LogP contribution in [0.2, 0.25) is 0 Å². The zero-order chi connectivity index (χ0) is 22.3. The smallest absolute Gasteiger partial charge is 0.348 e. The number of benzene rings is 1. The van der Waals surface area contributed by atoms with E-state index in [4.69, 9.17) is 4.74 Å². The van der Waals surface area contributed by atoms with Gasteiger partial charge in [-0.2, -0.15) is 0 Å². The second-order valence-corrected chi connectivity index (χ2v) is 8.00. The minimum atomic E-state index is -0.507. The van der Waals surface area contributed by atoms with Crippen molar-refractivity contribution in [3.63, 3.8) is 0 Å². The van der Waals surface area contributed by atoms with E-state index in [2.05, 4.69) is 4.98 Å². The van der Waals surface area contributed by atoms with Gasteiger partial charge in [0.2, 0.25) is 5.91 Å². The summed E-state index contributed by atoms with van der Waals surface area (Å²) < 4.78 is 6.24. The summed E-state index contributed by atoms with van der Waals surface area (Å²) in [6, 6.07) is 4.38. The molecule has 3 heterocycles. The van der Waals surface area contributed by atoms with Crippen LogP contribution in [0.4, 0.5) is 11.4 Å². The van der Waals surface area contributed by atoms with Crippen LogP contribution in [0, 0.1) is 17.0 Å². The Bertz CT molecular complexity index is 1290. The third kappa shape index (κ3) is 3.56. The maximum atomic E-state index is 13.0. The normalized spacial score (nSPS) is 12.8. The maximum absolute atomic E-state index is 13.0. The van der Waals surface area contributed by atoms with Crippen molar-refractivity contribution in [2.75, 3.05) is 18.1 Å². The predicted molar refractivity (Wildman–Crippen MR) is 114 cm³/mol. The predicted octanol–water partition coefficient (Wildman–Crippen LogP) is 2.44. The highest BCUT2D eigenvalue weighted by molar-refractivity contribution is 7.20. The Kier molecular flexibility index (Phi) is 5.27. The molecule has 2 aromatic heterocycles. The van der Waals surface area contributed by atoms with E-state index in [-0.39, 0.29) is 24.7 Å². The summed E-state index contributed by atoms with van der Waals surface area (Å²) in [6.07, 6.45) is 1.79. The molecular weight excluding hydrogens is 424 g/mol. The molecule has 4 rings (SSSR count). The van der Waals surface area contributed by atoms with E-state index in [0.717, 1.165) is 16.9 Å². The molecule has 1 aliphatic rings. The van der Waals surface area contributed by atoms with E-state index in [0.29, 0.717) is 39.3 Å². The Hall–Kier alpha value is -3.60. The van der Waals surface area contributed by atoms with Crippen LogP contribution in [-0.2, 0) is 22.5 Å². The number of rotatable bonds is 5. The number of anilines is 1. The van der Waals surface area contributed by atoms with Gasteiger partial charge in [0.05, 0.1) is 23.2 Å². The van der Waals surface area contributed by atoms with Crippen LogP contribution in [-0.4, -0.2) is 39.5 Å². The number of aromatic nitrogens is 2. The molecule has 1 aromatic carbocycles. The number of thiophene rings is 1. The molecular formula is C20H18N4O6S. The van der Waals surface area contributed by atoms with E-state index < -0.39 is 16.5 Å². The number of non-ortho nitro benzene ring substituents is 1. The lowest BCUT2D eigenvalue weighted by molar-refractivity contribution is -0.384. The van der Waals surface area contributed by atoms with E-state index in [9.17, 15) is 24.5 Å². The Labute approximate surface area is 179 Å². The quantitative estimate of drug-likeness (QED) is 0.338. The second kappa shape index (κ2) is 7.91. The first kappa shape index (κ1) is 20.7. The first-order valence-corrected chi connectivity index (χ1v) is 10.4. The highest BCUT2D eigenvalue weighted by Gasteiger charge is 2.27. The number of carbonyl (C=O) groups is 2. The van der Waals surface area contributed by atoms with Gasteiger partial charge >= 0.3 is 5.97 Å². The van der Waals surface area contributed by atoms with Gasteiger partial charge in [0, 0.05) is 24.4 Å². The van der Waals surface area contributed by atoms with Crippen molar-refractivity contribution in [3.8, 4) is 0 Å². The van der Waals surface area contributed by atoms with E-state index in [1.54, 1.807) is 19.9 Å². The first-order valence-electron chi connectivity index (χ1n) is 9.55. The number of aryl methyl sites for hydroxylation is 1. The standard InChI is InChI=1S/C20H18N4O6S/c1-3-30-20(27)17-11(2)16-18(31-17)21-10-22(19(16)26)9-15(25)23-7-6-12-8-13(24(28)29)4-5-14(12)23/h4-5,8,10H,3,6-7,9H2,1-2H3. The molecule has 160 valence electrons. The number of hydrogen-bond donors (Lipinski definition) is 0. The molecule has 31 heavy (non-hydrogen) atoms. The van der Waals surface area contributed by atoms with Gasteiger partial charge in [-0.1, -0.05) is 0 Å². The number of esters is 1. The van der Waals surface area contributed by atoms with Gasteiger partial charge in [-0.25, -0.2) is 9.78 Å². The lowest BCUT2D eigenvalue weighted by Gasteiger charge is -2.17. The Balaban J connectivity index is 1.63. The summed E-state index contributed by atoms with van der Waals surface area (Å²) in [7, 11) is 0. The van der Waals surface area contributed by atoms with Gasteiger partial charge < -0.3 is 9.64 Å². The third-order valence-electron chi connectivity index (χ3n) is 5.15. The first-order chi connectivity index (χ1) is 14.8. The molecule has 0 saturated heterocycles. The van der Waals surface area contributed by atoms with E-state index in [1.165, 1.54) is 27.9 Å². The molecule has 1 amide bonds. The van der Waals surface area contributed by atoms with Crippen LogP contribution >= 0.6 is 11.3 Å². The number of carbonyl (C=O) groups excluding carboxylic acids is 2. The summed E-state index contributed by atoms with van der Waals surface area (Å²) >= 11 is 1.08. The van der Waals surface area contributed by atoms with Crippen LogP contribution in [0.1, 0.15) is 27.7 Å². The van der Waals surface area contributed by atoms with Crippen LogP contribution < -0.4 is 10.5 Å². The average molecular weight is 442 g/mol. The fraction of sp³-hybridized carbons (Fsp3) is 0.300. The zero-order valence-corrected chi connectivity index (χ0v) is 17.6. The highest BCUT2D eigenvalue weighted by Crippen LogP contribution is 2.31. The Morgan fingerprint density at radius 2 is 2.13 bits per heavy atom. The summed E-state index contributed by atoms with van der Waals surface area (Å²) in [5, 5.41) is 11.3. The number of hydrogen-bond acceptors (Lipinski definition) is 8. The molecule has 11 heteroatoms. The van der Waals surface area contributed by atoms with E-state index in [1.807, 2.05) is 0 Å². The number of amides is 1. The molecule has 0 aliphatic carbocycles. The van der Waals surface area contributed by atoms with Crippen molar-refractivity contribution in [2.45, 2.75) is 26.8 Å². The fourth-order valence-corrected chi connectivity index (χ4v) is 4.69. The minimum absolute atomic E-state index is 0.0238. The van der Waals surface area contributed by atoms with Crippen LogP contribution in [0.5, 0.6) is 0 Å². The summed E-state index contributed by atoms with van der Waals surface area (Å²) in [5.74, 6) is -0.831. The Morgan fingerprint density at radius 3 is 2.84 bits per heavy atom. The van der Waals surface area contributed by atoms with Crippen molar-refractivity contribution in [1.29, 1.82) is 0 Å². The van der Waals surface area contributed by atoms with Gasteiger partial charge in [0.25, 0.3) is 11.2 Å². The molecule has 0 N–H and O–H groups in total. The lowest BCUT2D eigenvalue weighted by atomic mass is 10.1. The zero-order valence-electron chi connectivity index (χ0n) is 16.8. The topological polar surface area (TPSA) is 125 Å². The molecule has 0 bridgehead atoms. The maximum Gasteiger partial charge on any atom is 0.348 e. The number of nitrogens with zero attached hydrogens (tertiary/aromatic N) is 4. The molecule has 0 saturated carbocycles. The van der Waals surface area contributed by atoms with Crippen molar-refractivity contribution in [2.24, 2.45) is 0 Å². The molecule has 3 aromatic rings. The van der Waals surface area contributed by atoms with Crippen LogP contribution in [0.3, 0.4) is 0 Å². The fourth-order valence-electron chi connectivity index (χ4n) is 3.66. The summed E-state index contributed by atoms with van der Waals surface area (Å²) in [4.78, 5) is 55.0. The largest absolute Gasteiger partial charge is 0.462 e. The number of nitro groups is 1. The van der Waals surface area contributed by atoms with Crippen molar-refractivity contribution in [1.82, 2.24) is 9.55 Å². The third-order valence-corrected chi connectivity index (χ3v) is 6.33. The lowest BCUT2D eigenvalue weighted by Crippen LogP contribution is -2.35. The monoisotopic (exact) mass is 442 g/mol. The van der Waals surface area contributed by atoms with Gasteiger partial charge in [-0.15, -0.1) is 11.3 Å². The van der Waals surface area contributed by atoms with Crippen molar-refractivity contribution >= 4 is 44.8 Å². The SMILES string of the molecule is CCOC(=O)c1sc2ncn(CC(=O)N3CCc4cc([N+](=O)[O-])ccc43)c(=O)c2c1C. The molecule has 0 fully saturated rings. The number of fused-ring (bicyclic) bond motifs is 2. The molecule has 10 nitrogen and oxygen atoms in total. The second-order valence-electron chi connectivity index (χ2n) is 7.00. The van der Waals surface area contributed by atoms with Gasteiger partial charge in [-0.3, -0.25) is 24.3 Å². The van der Waals surface area contributed by atoms with Crippen molar-refractivity contribution in [3.05, 3.63) is 61.0 Å². The highest BCUT2D eigenvalue weighted by atomic mass is 32.1. The number of nitro benzene ring substituents is 1.